The summed E-state index contributed by atoms with van der Waals surface area (Å²) < 4.78 is 54.7. The lowest BCUT2D eigenvalue weighted by Crippen LogP contribution is -2.42. The molecule has 1 aliphatic rings. The third kappa shape index (κ3) is 2.95. The summed E-state index contributed by atoms with van der Waals surface area (Å²) >= 11 is 0. The average Bonchev–Trinajstić information content (AvgIpc) is 2.15. The van der Waals surface area contributed by atoms with E-state index in [0.29, 0.717) is 6.42 Å². The van der Waals surface area contributed by atoms with Crippen LogP contribution in [0.3, 0.4) is 0 Å². The lowest BCUT2D eigenvalue weighted by molar-refractivity contribution is -0.0426. The van der Waals surface area contributed by atoms with E-state index in [1.807, 2.05) is 6.55 Å². The second kappa shape index (κ2) is 5.11. The fourth-order valence-electron chi connectivity index (χ4n) is 1.62. The van der Waals surface area contributed by atoms with Gasteiger partial charge in [0.15, 0.2) is 21.4 Å². The molecule has 0 aromatic heterocycles. The van der Waals surface area contributed by atoms with Crippen LogP contribution in [0.25, 0.3) is 0 Å². The summed E-state index contributed by atoms with van der Waals surface area (Å²) in [5, 5.41) is 0. The molecule has 0 N–H and O–H groups in total. The predicted molar refractivity (Wildman–Crippen MR) is 47.7 cm³/mol. The molecule has 6 heteroatoms. The fourth-order valence-corrected chi connectivity index (χ4v) is 3.45. The van der Waals surface area contributed by atoms with Crippen LogP contribution in [-0.4, -0.2) is 33.9 Å². The monoisotopic (exact) mass is 230 g/mol. The Morgan fingerprint density at radius 3 is 2.43 bits per heavy atom. The van der Waals surface area contributed by atoms with Gasteiger partial charge in [-0.15, -0.1) is 0 Å². The predicted octanol–water partition coefficient (Wildman–Crippen LogP) is 2.46. The number of rotatable bonds is 3. The molecule has 0 aromatic rings. The van der Waals surface area contributed by atoms with Crippen LogP contribution in [0.4, 0.5) is 17.6 Å². The maximum Gasteiger partial charge on any atom is 0.272 e. The van der Waals surface area contributed by atoms with Crippen molar-refractivity contribution in [1.82, 2.24) is 0 Å². The van der Waals surface area contributed by atoms with Crippen molar-refractivity contribution in [2.45, 2.75) is 50.3 Å². The average molecular weight is 230 g/mol. The Bertz CT molecular complexity index is 181. The Balaban J connectivity index is 2.46. The summed E-state index contributed by atoms with van der Waals surface area (Å²) in [5.41, 5.74) is 0. The number of halogens is 4. The highest BCUT2D eigenvalue weighted by molar-refractivity contribution is 6.50. The maximum absolute atomic E-state index is 13.1. The van der Waals surface area contributed by atoms with Gasteiger partial charge in [-0.2, -0.15) is 0 Å². The van der Waals surface area contributed by atoms with Gasteiger partial charge in [-0.3, -0.25) is 0 Å². The minimum absolute atomic E-state index is 0.353. The molecule has 1 heterocycles. The van der Waals surface area contributed by atoms with Crippen molar-refractivity contribution >= 4 is 9.04 Å². The van der Waals surface area contributed by atoms with Crippen LogP contribution in [0.15, 0.2) is 0 Å². The highest BCUT2D eigenvalue weighted by Gasteiger charge is 2.38. The summed E-state index contributed by atoms with van der Waals surface area (Å²) in [6.07, 6.45) is -7.98. The third-order valence-electron chi connectivity index (χ3n) is 2.41. The Labute approximate surface area is 82.2 Å². The van der Waals surface area contributed by atoms with Gasteiger partial charge in [-0.05, 0) is 19.0 Å². The quantitative estimate of drug-likeness (QED) is 0.534. The minimum Gasteiger partial charge on any atom is -0.414 e. The van der Waals surface area contributed by atoms with Crippen molar-refractivity contribution in [3.63, 3.8) is 0 Å². The van der Waals surface area contributed by atoms with E-state index in [1.165, 1.54) is 0 Å². The molecule has 1 nitrogen and oxygen atoms in total. The maximum atomic E-state index is 13.1. The van der Waals surface area contributed by atoms with Gasteiger partial charge in [0.2, 0.25) is 0 Å². The zero-order valence-corrected chi connectivity index (χ0v) is 9.08. The van der Waals surface area contributed by atoms with E-state index in [1.54, 1.807) is 0 Å². The van der Waals surface area contributed by atoms with Gasteiger partial charge in [-0.25, -0.2) is 17.6 Å². The molecule has 1 fully saturated rings. The Morgan fingerprint density at radius 2 is 1.93 bits per heavy atom. The zero-order valence-electron chi connectivity index (χ0n) is 7.93. The summed E-state index contributed by atoms with van der Waals surface area (Å²) in [5.74, 6) is 0. The first-order chi connectivity index (χ1) is 6.52. The summed E-state index contributed by atoms with van der Waals surface area (Å²) in [6.45, 7) is 1.87. The van der Waals surface area contributed by atoms with Crippen LogP contribution in [-0.2, 0) is 4.43 Å². The van der Waals surface area contributed by atoms with Gasteiger partial charge in [0.05, 0.1) is 6.10 Å². The van der Waals surface area contributed by atoms with Crippen LogP contribution in [0, 0.1) is 0 Å². The van der Waals surface area contributed by atoms with E-state index in [2.05, 4.69) is 0 Å². The molecule has 0 radical (unpaired) electrons. The molecule has 4 unspecified atom stereocenters. The van der Waals surface area contributed by atoms with Crippen LogP contribution >= 0.6 is 0 Å². The van der Waals surface area contributed by atoms with Crippen LogP contribution < -0.4 is 0 Å². The Kier molecular flexibility index (Phi) is 4.37. The van der Waals surface area contributed by atoms with Crippen LogP contribution in [0.5, 0.6) is 0 Å². The van der Waals surface area contributed by atoms with E-state index in [9.17, 15) is 17.6 Å². The molecule has 1 saturated heterocycles. The number of hydrogen-bond donors (Lipinski definition) is 0. The van der Waals surface area contributed by atoms with Gasteiger partial charge in [-0.1, -0.05) is 6.42 Å². The van der Waals surface area contributed by atoms with Crippen LogP contribution in [0.1, 0.15) is 12.8 Å². The molecule has 84 valence electrons. The van der Waals surface area contributed by atoms with Crippen molar-refractivity contribution in [2.24, 2.45) is 0 Å². The molecule has 14 heavy (non-hydrogen) atoms. The van der Waals surface area contributed by atoms with Crippen molar-refractivity contribution in [3.05, 3.63) is 0 Å². The second-order valence-electron chi connectivity index (χ2n) is 3.64. The van der Waals surface area contributed by atoms with Crippen LogP contribution in [0.2, 0.25) is 12.6 Å². The summed E-state index contributed by atoms with van der Waals surface area (Å²) in [7, 11) is -1.43. The molecule has 1 aliphatic heterocycles. The van der Waals surface area contributed by atoms with Crippen molar-refractivity contribution in [1.29, 1.82) is 0 Å². The molecule has 0 amide bonds. The fraction of sp³-hybridized carbons (Fsp3) is 1.00. The number of alkyl halides is 4. The Hall–Kier alpha value is -0.103. The van der Waals surface area contributed by atoms with E-state index >= 15 is 0 Å². The molecule has 0 spiro atoms. The van der Waals surface area contributed by atoms with E-state index in [0.717, 1.165) is 12.5 Å². The molecule has 0 aromatic carbocycles. The van der Waals surface area contributed by atoms with Gasteiger partial charge in [0.1, 0.15) is 0 Å². The van der Waals surface area contributed by atoms with Crippen molar-refractivity contribution in [2.75, 3.05) is 0 Å². The normalized spacial score (nSPS) is 33.0. The molecule has 0 saturated carbocycles. The van der Waals surface area contributed by atoms with E-state index in [4.69, 9.17) is 4.43 Å². The minimum atomic E-state index is -3.26. The largest absolute Gasteiger partial charge is 0.414 e. The first-order valence-corrected chi connectivity index (χ1v) is 7.18. The second-order valence-corrected chi connectivity index (χ2v) is 6.11. The Morgan fingerprint density at radius 1 is 1.29 bits per heavy atom. The van der Waals surface area contributed by atoms with Gasteiger partial charge in [0, 0.05) is 0 Å². The summed E-state index contributed by atoms with van der Waals surface area (Å²) in [4.78, 5) is 0. The first kappa shape index (κ1) is 12.0. The first-order valence-electron chi connectivity index (χ1n) is 4.74. The topological polar surface area (TPSA) is 9.23 Å². The highest BCUT2D eigenvalue weighted by atomic mass is 28.3. The zero-order chi connectivity index (χ0) is 10.7. The van der Waals surface area contributed by atoms with Crippen molar-refractivity contribution < 1.29 is 22.0 Å². The molecule has 1 rings (SSSR count). The molecular formula is C8H14F4OSi. The standard InChI is InChI=1S/C8H14F4OSi/c1-14-4-2-3-5(13-14)6(9)7(10)8(11)12/h5-8,14H,2-4H2,1H3. The summed E-state index contributed by atoms with van der Waals surface area (Å²) in [6, 6.07) is 0.912. The van der Waals surface area contributed by atoms with Crippen molar-refractivity contribution in [3.8, 4) is 0 Å². The van der Waals surface area contributed by atoms with E-state index < -0.39 is 33.9 Å². The molecule has 0 bridgehead atoms. The smallest absolute Gasteiger partial charge is 0.272 e. The lowest BCUT2D eigenvalue weighted by atomic mass is 10.1. The highest BCUT2D eigenvalue weighted by Crippen LogP contribution is 2.26. The molecule has 4 atom stereocenters. The van der Waals surface area contributed by atoms with E-state index in [-0.39, 0.29) is 0 Å². The third-order valence-corrected chi connectivity index (χ3v) is 4.44. The molecule has 0 aliphatic carbocycles. The van der Waals surface area contributed by atoms with Gasteiger partial charge in [0.25, 0.3) is 6.43 Å². The lowest BCUT2D eigenvalue weighted by Gasteiger charge is -2.30. The van der Waals surface area contributed by atoms with Gasteiger partial charge < -0.3 is 4.43 Å². The molecular weight excluding hydrogens is 216 g/mol. The number of hydrogen-bond acceptors (Lipinski definition) is 1. The SMILES string of the molecule is C[SiH]1CCCC(C(F)C(F)C(F)F)O1. The van der Waals surface area contributed by atoms with Gasteiger partial charge >= 0.3 is 0 Å².